The van der Waals surface area contributed by atoms with Gasteiger partial charge in [0.25, 0.3) is 0 Å². The first-order valence-corrected chi connectivity index (χ1v) is 17.5. The molecule has 2 heterocycles. The largest absolute Gasteiger partial charge is 0.246 e. The Kier molecular flexibility index (Phi) is 7.10. The maximum absolute atomic E-state index is 5.47. The highest BCUT2D eigenvalue weighted by Gasteiger charge is 2.20. The molecule has 10 aromatic rings. The molecule has 0 saturated heterocycles. The molecule has 0 N–H and O–H groups in total. The van der Waals surface area contributed by atoms with Crippen LogP contribution in [0.5, 0.6) is 0 Å². The van der Waals surface area contributed by atoms with Crippen molar-refractivity contribution in [2.24, 2.45) is 0 Å². The van der Waals surface area contributed by atoms with E-state index in [2.05, 4.69) is 176 Å². The van der Waals surface area contributed by atoms with Crippen molar-refractivity contribution in [3.63, 3.8) is 0 Å². The Balaban J connectivity index is 1.28. The lowest BCUT2D eigenvalue weighted by molar-refractivity contribution is 1.08. The van der Waals surface area contributed by atoms with Crippen molar-refractivity contribution >= 4 is 43.2 Å². The van der Waals surface area contributed by atoms with Crippen molar-refractivity contribution in [2.75, 3.05) is 0 Å². The van der Waals surface area contributed by atoms with E-state index in [0.717, 1.165) is 71.5 Å². The number of fused-ring (bicyclic) bond motifs is 5. The number of rotatable bonds is 5. The van der Waals surface area contributed by atoms with E-state index in [1.807, 2.05) is 6.07 Å². The van der Waals surface area contributed by atoms with Gasteiger partial charge in [-0.1, -0.05) is 164 Å². The zero-order valence-corrected chi connectivity index (χ0v) is 28.1. The molecular formula is C48H30N4. The van der Waals surface area contributed by atoms with Gasteiger partial charge in [0, 0.05) is 38.4 Å². The molecule has 0 aliphatic rings. The van der Waals surface area contributed by atoms with Crippen LogP contribution < -0.4 is 0 Å². The standard InChI is InChI=1S/C48H30N4/c1-3-15-33(16-4-1)39-21-11-22-40-43(39)41-23-12-24-42(45(41)49-44(40)34-17-5-2-6-18-34)48-51-46(37-27-25-31-13-7-9-19-35(31)29-37)50-47(52-48)38-28-26-32-14-8-10-20-36(32)30-38/h1-30H. The maximum atomic E-state index is 5.47. The zero-order chi connectivity index (χ0) is 34.4. The molecule has 0 aliphatic carbocycles. The summed E-state index contributed by atoms with van der Waals surface area (Å²) in [6.07, 6.45) is 0. The Hall–Kier alpha value is -7.04. The van der Waals surface area contributed by atoms with Crippen LogP contribution >= 0.6 is 0 Å². The summed E-state index contributed by atoms with van der Waals surface area (Å²) in [5.41, 5.74) is 7.85. The van der Waals surface area contributed by atoms with Gasteiger partial charge in [0.15, 0.2) is 17.5 Å². The number of hydrogen-bond donors (Lipinski definition) is 0. The second kappa shape index (κ2) is 12.4. The van der Waals surface area contributed by atoms with Gasteiger partial charge < -0.3 is 0 Å². The van der Waals surface area contributed by atoms with Crippen LogP contribution in [0.25, 0.3) is 99.8 Å². The highest BCUT2D eigenvalue weighted by Crippen LogP contribution is 2.41. The number of aromatic nitrogens is 4. The zero-order valence-electron chi connectivity index (χ0n) is 28.1. The first-order chi connectivity index (χ1) is 25.8. The molecule has 0 unspecified atom stereocenters. The van der Waals surface area contributed by atoms with Gasteiger partial charge in [0.1, 0.15) is 0 Å². The Morgan fingerprint density at radius 2 is 0.788 bits per heavy atom. The first-order valence-electron chi connectivity index (χ1n) is 17.5. The molecule has 0 atom stereocenters. The van der Waals surface area contributed by atoms with E-state index in [0.29, 0.717) is 17.5 Å². The number of nitrogens with zero attached hydrogens (tertiary/aromatic N) is 4. The van der Waals surface area contributed by atoms with Crippen molar-refractivity contribution in [1.29, 1.82) is 0 Å². The van der Waals surface area contributed by atoms with Crippen molar-refractivity contribution in [3.05, 3.63) is 182 Å². The molecule has 0 radical (unpaired) electrons. The molecule has 52 heavy (non-hydrogen) atoms. The molecule has 0 amide bonds. The topological polar surface area (TPSA) is 51.6 Å². The number of benzene rings is 8. The fourth-order valence-corrected chi connectivity index (χ4v) is 7.34. The predicted octanol–water partition coefficient (Wildman–Crippen LogP) is 12.2. The molecule has 0 saturated carbocycles. The molecule has 0 fully saturated rings. The predicted molar refractivity (Wildman–Crippen MR) is 215 cm³/mol. The van der Waals surface area contributed by atoms with Gasteiger partial charge in [-0.3, -0.25) is 0 Å². The minimum atomic E-state index is 0.579. The summed E-state index contributed by atoms with van der Waals surface area (Å²) in [6, 6.07) is 63.4. The van der Waals surface area contributed by atoms with E-state index < -0.39 is 0 Å². The van der Waals surface area contributed by atoms with Gasteiger partial charge in [-0.15, -0.1) is 0 Å². The summed E-state index contributed by atoms with van der Waals surface area (Å²) in [4.78, 5) is 21.0. The minimum absolute atomic E-state index is 0.579. The molecule has 8 aromatic carbocycles. The summed E-state index contributed by atoms with van der Waals surface area (Å²) >= 11 is 0. The molecule has 0 bridgehead atoms. The Labute approximate surface area is 300 Å². The van der Waals surface area contributed by atoms with E-state index in [1.54, 1.807) is 0 Å². The normalized spacial score (nSPS) is 11.5. The van der Waals surface area contributed by atoms with Crippen molar-refractivity contribution in [3.8, 4) is 56.5 Å². The van der Waals surface area contributed by atoms with Gasteiger partial charge in [-0.05, 0) is 50.9 Å². The van der Waals surface area contributed by atoms with Gasteiger partial charge >= 0.3 is 0 Å². The van der Waals surface area contributed by atoms with Crippen LogP contribution in [0.2, 0.25) is 0 Å². The average molecular weight is 663 g/mol. The molecule has 10 rings (SSSR count). The number of pyridine rings is 1. The summed E-state index contributed by atoms with van der Waals surface area (Å²) in [6.45, 7) is 0. The highest BCUT2D eigenvalue weighted by molar-refractivity contribution is 6.19. The minimum Gasteiger partial charge on any atom is -0.246 e. The quantitative estimate of drug-likeness (QED) is 0.172. The second-order valence-corrected chi connectivity index (χ2v) is 13.1. The fraction of sp³-hybridized carbons (Fsp3) is 0. The van der Waals surface area contributed by atoms with E-state index in [-0.39, 0.29) is 0 Å². The lowest BCUT2D eigenvalue weighted by Gasteiger charge is -2.16. The maximum Gasteiger partial charge on any atom is 0.166 e. The lowest BCUT2D eigenvalue weighted by atomic mass is 9.92. The Morgan fingerprint density at radius 3 is 1.40 bits per heavy atom. The van der Waals surface area contributed by atoms with Gasteiger partial charge in [0.2, 0.25) is 0 Å². The molecule has 242 valence electrons. The van der Waals surface area contributed by atoms with E-state index in [4.69, 9.17) is 19.9 Å². The van der Waals surface area contributed by atoms with Crippen molar-refractivity contribution in [1.82, 2.24) is 19.9 Å². The monoisotopic (exact) mass is 662 g/mol. The van der Waals surface area contributed by atoms with Crippen LogP contribution in [0.15, 0.2) is 182 Å². The second-order valence-electron chi connectivity index (χ2n) is 13.1. The third-order valence-electron chi connectivity index (χ3n) is 9.87. The summed E-state index contributed by atoms with van der Waals surface area (Å²) in [7, 11) is 0. The van der Waals surface area contributed by atoms with Gasteiger partial charge in [-0.2, -0.15) is 0 Å². The molecular weight excluding hydrogens is 633 g/mol. The Bertz CT molecular complexity index is 2860. The van der Waals surface area contributed by atoms with Crippen molar-refractivity contribution in [2.45, 2.75) is 0 Å². The van der Waals surface area contributed by atoms with Crippen LogP contribution in [0.4, 0.5) is 0 Å². The van der Waals surface area contributed by atoms with Crippen LogP contribution in [-0.2, 0) is 0 Å². The van der Waals surface area contributed by atoms with E-state index >= 15 is 0 Å². The summed E-state index contributed by atoms with van der Waals surface area (Å²) < 4.78 is 0. The summed E-state index contributed by atoms with van der Waals surface area (Å²) in [5.74, 6) is 1.81. The highest BCUT2D eigenvalue weighted by atomic mass is 15.0. The molecule has 0 aliphatic heterocycles. The van der Waals surface area contributed by atoms with Crippen LogP contribution in [0.1, 0.15) is 0 Å². The lowest BCUT2D eigenvalue weighted by Crippen LogP contribution is -2.01. The van der Waals surface area contributed by atoms with E-state index in [9.17, 15) is 0 Å². The first kappa shape index (κ1) is 29.8. The fourth-order valence-electron chi connectivity index (χ4n) is 7.34. The van der Waals surface area contributed by atoms with Gasteiger partial charge in [0.05, 0.1) is 11.2 Å². The third-order valence-corrected chi connectivity index (χ3v) is 9.87. The van der Waals surface area contributed by atoms with Crippen LogP contribution in [-0.4, -0.2) is 19.9 Å². The Morgan fingerprint density at radius 1 is 0.288 bits per heavy atom. The number of para-hydroxylation sites is 1. The molecule has 0 spiro atoms. The smallest absolute Gasteiger partial charge is 0.166 e. The number of hydrogen-bond acceptors (Lipinski definition) is 4. The van der Waals surface area contributed by atoms with Crippen molar-refractivity contribution < 1.29 is 0 Å². The average Bonchev–Trinajstić information content (AvgIpc) is 3.23. The van der Waals surface area contributed by atoms with Crippen LogP contribution in [0.3, 0.4) is 0 Å². The summed E-state index contributed by atoms with van der Waals surface area (Å²) in [5, 5.41) is 7.90. The third kappa shape index (κ3) is 5.17. The molecule has 2 aromatic heterocycles. The SMILES string of the molecule is c1ccc(-c2nc3c(-c4nc(-c5ccc6ccccc6c5)nc(-c5ccc6ccccc6c5)n4)cccc3c3c(-c4ccccc4)cccc23)cc1. The van der Waals surface area contributed by atoms with E-state index in [1.165, 1.54) is 10.8 Å². The van der Waals surface area contributed by atoms with Crippen LogP contribution in [0, 0.1) is 0 Å². The molecule has 4 heteroatoms. The van der Waals surface area contributed by atoms with Gasteiger partial charge in [-0.25, -0.2) is 19.9 Å². The molecule has 4 nitrogen and oxygen atoms in total.